The lowest BCUT2D eigenvalue weighted by molar-refractivity contribution is 0.373. The highest BCUT2D eigenvalue weighted by Crippen LogP contribution is 2.29. The van der Waals surface area contributed by atoms with E-state index in [2.05, 4.69) is 5.43 Å². The fourth-order valence-electron chi connectivity index (χ4n) is 2.51. The Kier molecular flexibility index (Phi) is 5.72. The van der Waals surface area contributed by atoms with Gasteiger partial charge in [0.05, 0.1) is 0 Å². The molecule has 0 saturated heterocycles. The van der Waals surface area contributed by atoms with Gasteiger partial charge in [-0.05, 0) is 25.2 Å². The summed E-state index contributed by atoms with van der Waals surface area (Å²) in [5.74, 6) is 6.57. The Labute approximate surface area is 98.9 Å². The standard InChI is InChI=1S/C11H24N2O2S/c1-16(14,15)8-4-7-11(13-12)9-10-5-2-3-6-10/h10-11,13H,2-9,12H2,1H3. The van der Waals surface area contributed by atoms with Gasteiger partial charge in [-0.25, -0.2) is 8.42 Å². The van der Waals surface area contributed by atoms with E-state index in [9.17, 15) is 8.42 Å². The zero-order valence-corrected chi connectivity index (χ0v) is 10.9. The summed E-state index contributed by atoms with van der Waals surface area (Å²) < 4.78 is 22.0. The number of hydrogen-bond acceptors (Lipinski definition) is 4. The van der Waals surface area contributed by atoms with Gasteiger partial charge in [0.1, 0.15) is 9.84 Å². The molecule has 1 rings (SSSR count). The van der Waals surface area contributed by atoms with E-state index in [-0.39, 0.29) is 11.8 Å². The molecule has 0 amide bonds. The zero-order chi connectivity index (χ0) is 12.0. The summed E-state index contributed by atoms with van der Waals surface area (Å²) in [6.45, 7) is 0. The van der Waals surface area contributed by atoms with Gasteiger partial charge < -0.3 is 0 Å². The third kappa shape index (κ3) is 5.82. The number of sulfone groups is 1. The third-order valence-corrected chi connectivity index (χ3v) is 4.43. The molecule has 1 aliphatic rings. The lowest BCUT2D eigenvalue weighted by Crippen LogP contribution is -2.36. The predicted molar refractivity (Wildman–Crippen MR) is 66.6 cm³/mol. The van der Waals surface area contributed by atoms with Crippen LogP contribution in [0, 0.1) is 5.92 Å². The second-order valence-electron chi connectivity index (χ2n) is 5.02. The molecule has 1 atom stereocenters. The average Bonchev–Trinajstić information content (AvgIpc) is 2.67. The Balaban J connectivity index is 2.20. The van der Waals surface area contributed by atoms with Gasteiger partial charge in [0, 0.05) is 18.1 Å². The monoisotopic (exact) mass is 248 g/mol. The summed E-state index contributed by atoms with van der Waals surface area (Å²) >= 11 is 0. The Hall–Kier alpha value is -0.130. The summed E-state index contributed by atoms with van der Waals surface area (Å²) in [6, 6.07) is 0.282. The molecule has 3 N–H and O–H groups in total. The first-order valence-corrected chi connectivity index (χ1v) is 8.21. The van der Waals surface area contributed by atoms with Crippen LogP contribution in [0.2, 0.25) is 0 Å². The normalized spacial score (nSPS) is 20.1. The molecule has 0 aromatic heterocycles. The van der Waals surface area contributed by atoms with Crippen LogP contribution in [0.15, 0.2) is 0 Å². The van der Waals surface area contributed by atoms with E-state index in [0.29, 0.717) is 6.42 Å². The minimum absolute atomic E-state index is 0.274. The molecule has 1 saturated carbocycles. The van der Waals surface area contributed by atoms with E-state index in [1.165, 1.54) is 31.9 Å². The fourth-order valence-corrected chi connectivity index (χ4v) is 3.20. The number of nitrogens with two attached hydrogens (primary N) is 1. The van der Waals surface area contributed by atoms with E-state index in [1.807, 2.05) is 0 Å². The quantitative estimate of drug-likeness (QED) is 0.525. The minimum atomic E-state index is -2.82. The number of rotatable bonds is 7. The van der Waals surface area contributed by atoms with Crippen LogP contribution in [0.5, 0.6) is 0 Å². The smallest absolute Gasteiger partial charge is 0.147 e. The van der Waals surface area contributed by atoms with Crippen molar-refractivity contribution in [2.24, 2.45) is 11.8 Å². The summed E-state index contributed by atoms with van der Waals surface area (Å²) in [7, 11) is -2.82. The third-order valence-electron chi connectivity index (χ3n) is 3.40. The number of nitrogens with one attached hydrogen (secondary N) is 1. The Morgan fingerprint density at radius 2 is 2.00 bits per heavy atom. The van der Waals surface area contributed by atoms with Crippen molar-refractivity contribution in [2.75, 3.05) is 12.0 Å². The summed E-state index contributed by atoms with van der Waals surface area (Å²) in [4.78, 5) is 0. The molecule has 0 aromatic carbocycles. The van der Waals surface area contributed by atoms with Crippen molar-refractivity contribution in [1.29, 1.82) is 0 Å². The van der Waals surface area contributed by atoms with Crippen molar-refractivity contribution in [1.82, 2.24) is 5.43 Å². The molecular formula is C11H24N2O2S. The van der Waals surface area contributed by atoms with Crippen molar-refractivity contribution in [3.05, 3.63) is 0 Å². The van der Waals surface area contributed by atoms with Gasteiger partial charge in [-0.3, -0.25) is 11.3 Å². The van der Waals surface area contributed by atoms with Crippen LogP contribution >= 0.6 is 0 Å². The van der Waals surface area contributed by atoms with Gasteiger partial charge in [0.25, 0.3) is 0 Å². The molecule has 16 heavy (non-hydrogen) atoms. The predicted octanol–water partition coefficient (Wildman–Crippen LogP) is 1.22. The molecule has 0 aliphatic heterocycles. The van der Waals surface area contributed by atoms with Crippen LogP contribution in [0.3, 0.4) is 0 Å². The van der Waals surface area contributed by atoms with Crippen LogP contribution < -0.4 is 11.3 Å². The molecule has 1 unspecified atom stereocenters. The molecule has 0 spiro atoms. The van der Waals surface area contributed by atoms with Gasteiger partial charge in [-0.1, -0.05) is 25.7 Å². The molecular weight excluding hydrogens is 224 g/mol. The second-order valence-corrected chi connectivity index (χ2v) is 7.28. The molecule has 4 nitrogen and oxygen atoms in total. The molecule has 0 heterocycles. The summed E-state index contributed by atoms with van der Waals surface area (Å²) in [5, 5.41) is 0. The van der Waals surface area contributed by atoms with Crippen LogP contribution in [0.4, 0.5) is 0 Å². The van der Waals surface area contributed by atoms with Crippen LogP contribution in [0.1, 0.15) is 44.9 Å². The van der Waals surface area contributed by atoms with Crippen LogP contribution in [0.25, 0.3) is 0 Å². The molecule has 5 heteroatoms. The maximum Gasteiger partial charge on any atom is 0.147 e. The Bertz CT molecular complexity index is 284. The summed E-state index contributed by atoms with van der Waals surface area (Å²) in [6.07, 6.45) is 9.25. The van der Waals surface area contributed by atoms with E-state index in [4.69, 9.17) is 5.84 Å². The van der Waals surface area contributed by atoms with Crippen LogP contribution in [-0.2, 0) is 9.84 Å². The van der Waals surface area contributed by atoms with Crippen LogP contribution in [-0.4, -0.2) is 26.5 Å². The Morgan fingerprint density at radius 3 is 2.50 bits per heavy atom. The van der Waals surface area contributed by atoms with Gasteiger partial charge >= 0.3 is 0 Å². The van der Waals surface area contributed by atoms with E-state index < -0.39 is 9.84 Å². The van der Waals surface area contributed by atoms with Gasteiger partial charge in [-0.15, -0.1) is 0 Å². The largest absolute Gasteiger partial charge is 0.271 e. The van der Waals surface area contributed by atoms with Crippen molar-refractivity contribution < 1.29 is 8.42 Å². The maximum atomic E-state index is 11.0. The van der Waals surface area contributed by atoms with Crippen molar-refractivity contribution >= 4 is 9.84 Å². The highest BCUT2D eigenvalue weighted by Gasteiger charge is 2.19. The maximum absolute atomic E-state index is 11.0. The number of hydrazine groups is 1. The fraction of sp³-hybridized carbons (Fsp3) is 1.00. The molecule has 1 aliphatic carbocycles. The lowest BCUT2D eigenvalue weighted by Gasteiger charge is -2.19. The first-order chi connectivity index (χ1) is 7.51. The SMILES string of the molecule is CS(=O)(=O)CCCC(CC1CCCC1)NN. The first-order valence-electron chi connectivity index (χ1n) is 6.15. The van der Waals surface area contributed by atoms with Gasteiger partial charge in [0.2, 0.25) is 0 Å². The lowest BCUT2D eigenvalue weighted by atomic mass is 9.96. The van der Waals surface area contributed by atoms with E-state index in [1.54, 1.807) is 0 Å². The Morgan fingerprint density at radius 1 is 1.38 bits per heavy atom. The molecule has 1 fully saturated rings. The van der Waals surface area contributed by atoms with Gasteiger partial charge in [-0.2, -0.15) is 0 Å². The minimum Gasteiger partial charge on any atom is -0.271 e. The molecule has 0 radical (unpaired) electrons. The number of hydrogen-bond donors (Lipinski definition) is 2. The van der Waals surface area contributed by atoms with Gasteiger partial charge in [0.15, 0.2) is 0 Å². The second kappa shape index (κ2) is 6.57. The first kappa shape index (κ1) is 13.9. The van der Waals surface area contributed by atoms with Crippen molar-refractivity contribution in [3.63, 3.8) is 0 Å². The summed E-state index contributed by atoms with van der Waals surface area (Å²) in [5.41, 5.74) is 2.82. The van der Waals surface area contributed by atoms with E-state index >= 15 is 0 Å². The van der Waals surface area contributed by atoms with Crippen molar-refractivity contribution in [3.8, 4) is 0 Å². The average molecular weight is 248 g/mol. The molecule has 0 bridgehead atoms. The van der Waals surface area contributed by atoms with E-state index in [0.717, 1.165) is 18.8 Å². The highest BCUT2D eigenvalue weighted by molar-refractivity contribution is 7.90. The topological polar surface area (TPSA) is 72.2 Å². The zero-order valence-electron chi connectivity index (χ0n) is 10.1. The van der Waals surface area contributed by atoms with Crippen molar-refractivity contribution in [2.45, 2.75) is 51.0 Å². The highest BCUT2D eigenvalue weighted by atomic mass is 32.2. The molecule has 0 aromatic rings. The molecule has 96 valence electrons.